The van der Waals surface area contributed by atoms with Crippen molar-refractivity contribution >= 4 is 33.0 Å². The summed E-state index contributed by atoms with van der Waals surface area (Å²) in [6.45, 7) is 7.06. The minimum atomic E-state index is -0.191. The van der Waals surface area contributed by atoms with E-state index in [0.29, 0.717) is 11.3 Å². The van der Waals surface area contributed by atoms with Gasteiger partial charge in [-0.25, -0.2) is 0 Å². The molecule has 4 heteroatoms. The molecule has 3 nitrogen and oxygen atoms in total. The molecule has 1 aliphatic carbocycles. The van der Waals surface area contributed by atoms with Crippen molar-refractivity contribution in [2.75, 3.05) is 5.32 Å². The number of anilines is 1. The first kappa shape index (κ1) is 18.7. The topological polar surface area (TPSA) is 41.1 Å². The third-order valence-corrected chi connectivity index (χ3v) is 8.38. The first-order valence-corrected chi connectivity index (χ1v) is 11.5. The van der Waals surface area contributed by atoms with Crippen LogP contribution in [-0.4, -0.2) is 5.91 Å². The molecule has 0 saturated carbocycles. The summed E-state index contributed by atoms with van der Waals surface area (Å²) in [6.07, 6.45) is 4.30. The van der Waals surface area contributed by atoms with Gasteiger partial charge in [0.1, 0.15) is 11.2 Å². The summed E-state index contributed by atoms with van der Waals surface area (Å²) in [5.74, 6) is 0.763. The molecule has 5 rings (SSSR count). The smallest absolute Gasteiger partial charge is 0.256 e. The lowest BCUT2D eigenvalue weighted by molar-refractivity contribution is 0.0935. The van der Waals surface area contributed by atoms with Crippen molar-refractivity contribution in [2.24, 2.45) is 11.3 Å². The Kier molecular flexibility index (Phi) is 4.43. The molecule has 0 fully saturated rings. The zero-order valence-electron chi connectivity index (χ0n) is 17.3. The number of carbonyl (C=O) groups is 1. The van der Waals surface area contributed by atoms with Crippen LogP contribution in [0.1, 0.15) is 66.1 Å². The van der Waals surface area contributed by atoms with Crippen molar-refractivity contribution < 1.29 is 4.79 Å². The van der Waals surface area contributed by atoms with E-state index in [1.165, 1.54) is 34.1 Å². The molecule has 1 aromatic heterocycles. The number of carbonyl (C=O) groups excluding carboxylic acids is 1. The van der Waals surface area contributed by atoms with Gasteiger partial charge < -0.3 is 10.6 Å². The van der Waals surface area contributed by atoms with Crippen molar-refractivity contribution in [3.05, 3.63) is 64.0 Å². The number of thiophene rings is 1. The third kappa shape index (κ3) is 3.05. The van der Waals surface area contributed by atoms with Gasteiger partial charge in [0.25, 0.3) is 5.91 Å². The maximum Gasteiger partial charge on any atom is 0.256 e. The van der Waals surface area contributed by atoms with E-state index in [9.17, 15) is 4.79 Å². The second kappa shape index (κ2) is 6.88. The number of nitrogens with one attached hydrogen (secondary N) is 2. The lowest BCUT2D eigenvalue weighted by Gasteiger charge is -2.36. The lowest BCUT2D eigenvalue weighted by atomic mass is 9.69. The molecule has 1 aliphatic heterocycles. The number of hydrogen-bond acceptors (Lipinski definition) is 3. The van der Waals surface area contributed by atoms with E-state index in [-0.39, 0.29) is 12.1 Å². The largest absolute Gasteiger partial charge is 0.353 e. The van der Waals surface area contributed by atoms with Gasteiger partial charge in [-0.2, -0.15) is 0 Å². The summed E-state index contributed by atoms with van der Waals surface area (Å²) < 4.78 is 0. The highest BCUT2D eigenvalue weighted by Gasteiger charge is 2.37. The Morgan fingerprint density at radius 3 is 2.72 bits per heavy atom. The number of rotatable bonds is 3. The Morgan fingerprint density at radius 2 is 1.90 bits per heavy atom. The van der Waals surface area contributed by atoms with Crippen LogP contribution in [-0.2, 0) is 12.8 Å². The first-order chi connectivity index (χ1) is 14.0. The predicted octanol–water partition coefficient (Wildman–Crippen LogP) is 6.30. The quantitative estimate of drug-likeness (QED) is 0.538. The second-order valence-electron chi connectivity index (χ2n) is 9.11. The summed E-state index contributed by atoms with van der Waals surface area (Å²) in [5.41, 5.74) is 3.66. The summed E-state index contributed by atoms with van der Waals surface area (Å²) in [5, 5.41) is 10.3. The van der Waals surface area contributed by atoms with Crippen molar-refractivity contribution in [1.29, 1.82) is 0 Å². The van der Waals surface area contributed by atoms with Crippen LogP contribution in [0.4, 0.5) is 5.00 Å². The average molecular weight is 405 g/mol. The molecule has 29 heavy (non-hydrogen) atoms. The molecule has 0 saturated heterocycles. The van der Waals surface area contributed by atoms with E-state index < -0.39 is 0 Å². The summed E-state index contributed by atoms with van der Waals surface area (Å²) in [7, 11) is 0. The fraction of sp³-hybridized carbons (Fsp3) is 0.400. The molecule has 2 heterocycles. The molecule has 2 N–H and O–H groups in total. The Hall–Kier alpha value is -2.33. The van der Waals surface area contributed by atoms with E-state index in [1.54, 1.807) is 11.3 Å². The molecular weight excluding hydrogens is 376 g/mol. The maximum atomic E-state index is 13.1. The van der Waals surface area contributed by atoms with E-state index in [4.69, 9.17) is 0 Å². The van der Waals surface area contributed by atoms with Gasteiger partial charge in [-0.05, 0) is 46.9 Å². The van der Waals surface area contributed by atoms with Crippen LogP contribution in [0.3, 0.4) is 0 Å². The van der Waals surface area contributed by atoms with Gasteiger partial charge in [0.15, 0.2) is 0 Å². The van der Waals surface area contributed by atoms with Gasteiger partial charge in [-0.15, -0.1) is 11.3 Å². The minimum Gasteiger partial charge on any atom is -0.353 e. The van der Waals surface area contributed by atoms with Crippen molar-refractivity contribution in [1.82, 2.24) is 5.32 Å². The number of fused-ring (bicyclic) bond motifs is 4. The van der Waals surface area contributed by atoms with E-state index >= 15 is 0 Å². The second-order valence-corrected chi connectivity index (χ2v) is 10.2. The van der Waals surface area contributed by atoms with Gasteiger partial charge in [0.05, 0.1) is 5.56 Å². The molecule has 3 aromatic rings. The molecule has 0 unspecified atom stereocenters. The Balaban J connectivity index is 1.50. The highest BCUT2D eigenvalue weighted by atomic mass is 32.1. The third-order valence-electron chi connectivity index (χ3n) is 7.19. The van der Waals surface area contributed by atoms with Crippen LogP contribution < -0.4 is 10.6 Å². The van der Waals surface area contributed by atoms with E-state index in [0.717, 1.165) is 29.0 Å². The van der Waals surface area contributed by atoms with Crippen molar-refractivity contribution in [3.63, 3.8) is 0 Å². The normalized spacial score (nSPS) is 21.3. The molecule has 150 valence electrons. The SMILES string of the molecule is CCC(C)(C)[C@H]1CCc2c(sc3c2C(=O)N[C@@H](c2cccc4ccccc24)N3)C1. The van der Waals surface area contributed by atoms with Gasteiger partial charge in [0.2, 0.25) is 0 Å². The van der Waals surface area contributed by atoms with Gasteiger partial charge in [-0.1, -0.05) is 69.7 Å². The van der Waals surface area contributed by atoms with Crippen molar-refractivity contribution in [2.45, 2.75) is 52.6 Å². The fourth-order valence-electron chi connectivity index (χ4n) is 4.91. The zero-order chi connectivity index (χ0) is 20.2. The molecule has 1 amide bonds. The fourth-order valence-corrected chi connectivity index (χ4v) is 6.26. The number of benzene rings is 2. The predicted molar refractivity (Wildman–Crippen MR) is 122 cm³/mol. The van der Waals surface area contributed by atoms with Crippen molar-refractivity contribution in [3.8, 4) is 0 Å². The van der Waals surface area contributed by atoms with E-state index in [1.807, 2.05) is 0 Å². The molecular formula is C25H28N2OS. The van der Waals surface area contributed by atoms with Crippen LogP contribution >= 0.6 is 11.3 Å². The van der Waals surface area contributed by atoms with Crippen LogP contribution in [0, 0.1) is 11.3 Å². The molecule has 2 aromatic carbocycles. The number of amides is 1. The van der Waals surface area contributed by atoms with Crippen LogP contribution in [0.15, 0.2) is 42.5 Å². The van der Waals surface area contributed by atoms with Gasteiger partial charge in [0, 0.05) is 10.4 Å². The zero-order valence-corrected chi connectivity index (χ0v) is 18.2. The Bertz CT molecular complexity index is 1090. The van der Waals surface area contributed by atoms with Crippen LogP contribution in [0.25, 0.3) is 10.8 Å². The van der Waals surface area contributed by atoms with E-state index in [2.05, 4.69) is 73.9 Å². The Morgan fingerprint density at radius 1 is 1.10 bits per heavy atom. The lowest BCUT2D eigenvalue weighted by Crippen LogP contribution is -2.38. The highest BCUT2D eigenvalue weighted by Crippen LogP contribution is 2.47. The highest BCUT2D eigenvalue weighted by molar-refractivity contribution is 7.16. The summed E-state index contributed by atoms with van der Waals surface area (Å²) >= 11 is 1.80. The molecule has 2 atom stereocenters. The Labute approximate surface area is 176 Å². The van der Waals surface area contributed by atoms with Gasteiger partial charge >= 0.3 is 0 Å². The minimum absolute atomic E-state index is 0.0717. The summed E-state index contributed by atoms with van der Waals surface area (Å²) in [4.78, 5) is 14.5. The molecule has 0 bridgehead atoms. The summed E-state index contributed by atoms with van der Waals surface area (Å²) in [6, 6.07) is 14.7. The first-order valence-electron chi connectivity index (χ1n) is 10.7. The molecule has 0 radical (unpaired) electrons. The van der Waals surface area contributed by atoms with Crippen LogP contribution in [0.2, 0.25) is 0 Å². The standard InChI is InChI=1S/C25H28N2OS/c1-4-25(2,3)16-12-13-19-20(14-16)29-24-21(19)23(28)26-22(27-24)18-11-7-9-15-8-5-6-10-17(15)18/h5-11,16,22,27H,4,12-14H2,1-3H3,(H,26,28)/t16-,22+/m0/s1. The monoisotopic (exact) mass is 404 g/mol. The average Bonchev–Trinajstić information content (AvgIpc) is 3.11. The number of hydrogen-bond donors (Lipinski definition) is 2. The van der Waals surface area contributed by atoms with Gasteiger partial charge in [-0.3, -0.25) is 4.79 Å². The molecule has 0 spiro atoms. The van der Waals surface area contributed by atoms with Crippen LogP contribution in [0.5, 0.6) is 0 Å². The maximum absolute atomic E-state index is 13.1. The molecule has 2 aliphatic rings.